The molecule has 2 aliphatic rings. The van der Waals surface area contributed by atoms with Gasteiger partial charge in [-0.15, -0.1) is 0 Å². The monoisotopic (exact) mass is 393 g/mol. The molecule has 2 aromatic rings. The van der Waals surface area contributed by atoms with Crippen molar-refractivity contribution in [2.24, 2.45) is 0 Å². The van der Waals surface area contributed by atoms with Gasteiger partial charge in [-0.1, -0.05) is 25.5 Å². The first-order valence-electron chi connectivity index (χ1n) is 10.0. The lowest BCUT2D eigenvalue weighted by Gasteiger charge is -2.28. The van der Waals surface area contributed by atoms with Crippen molar-refractivity contribution in [2.75, 3.05) is 25.0 Å². The van der Waals surface area contributed by atoms with Crippen LogP contribution < -0.4 is 5.32 Å². The van der Waals surface area contributed by atoms with E-state index in [1.807, 2.05) is 25.1 Å². The molecule has 7 heteroatoms. The lowest BCUT2D eigenvalue weighted by molar-refractivity contribution is -0.138. The third-order valence-corrected chi connectivity index (χ3v) is 5.53. The van der Waals surface area contributed by atoms with Crippen LogP contribution in [0.25, 0.3) is 10.8 Å². The van der Waals surface area contributed by atoms with Crippen LogP contribution in [0.4, 0.5) is 5.69 Å². The van der Waals surface area contributed by atoms with E-state index in [4.69, 9.17) is 0 Å². The fourth-order valence-corrected chi connectivity index (χ4v) is 3.99. The molecule has 2 heterocycles. The SMILES string of the molecule is CCCCN1C(=O)c2cccc3c(NCCN4C(=O)CCC4=O)ccc(c23)C1=O. The van der Waals surface area contributed by atoms with Crippen molar-refractivity contribution in [3.63, 3.8) is 0 Å². The quantitative estimate of drug-likeness (QED) is 0.731. The fourth-order valence-electron chi connectivity index (χ4n) is 3.99. The first-order chi connectivity index (χ1) is 14.0. The summed E-state index contributed by atoms with van der Waals surface area (Å²) < 4.78 is 0. The van der Waals surface area contributed by atoms with Crippen LogP contribution in [0, 0.1) is 0 Å². The third kappa shape index (κ3) is 3.26. The van der Waals surface area contributed by atoms with Gasteiger partial charge in [0.05, 0.1) is 0 Å². The predicted molar refractivity (Wildman–Crippen MR) is 109 cm³/mol. The van der Waals surface area contributed by atoms with Crippen LogP contribution in [0.5, 0.6) is 0 Å². The van der Waals surface area contributed by atoms with Gasteiger partial charge in [0.1, 0.15) is 0 Å². The second-order valence-corrected chi connectivity index (χ2v) is 7.37. The van der Waals surface area contributed by atoms with Crippen LogP contribution >= 0.6 is 0 Å². The maximum Gasteiger partial charge on any atom is 0.261 e. The number of anilines is 1. The molecule has 0 radical (unpaired) electrons. The molecule has 2 aliphatic heterocycles. The van der Waals surface area contributed by atoms with E-state index in [-0.39, 0.29) is 36.5 Å². The Kier molecular flexibility index (Phi) is 5.05. The molecule has 1 fully saturated rings. The molecule has 2 aromatic carbocycles. The number of carbonyl (C=O) groups excluding carboxylic acids is 4. The van der Waals surface area contributed by atoms with Gasteiger partial charge in [-0.25, -0.2) is 0 Å². The van der Waals surface area contributed by atoms with Crippen LogP contribution in [-0.2, 0) is 9.59 Å². The third-order valence-electron chi connectivity index (χ3n) is 5.53. The molecular weight excluding hydrogens is 370 g/mol. The van der Waals surface area contributed by atoms with Crippen LogP contribution in [0.3, 0.4) is 0 Å². The Morgan fingerprint density at radius 1 is 0.862 bits per heavy atom. The Morgan fingerprint density at radius 2 is 1.55 bits per heavy atom. The molecule has 0 saturated carbocycles. The Hall–Kier alpha value is -3.22. The first kappa shape index (κ1) is 19.1. The van der Waals surface area contributed by atoms with E-state index in [2.05, 4.69) is 5.32 Å². The van der Waals surface area contributed by atoms with Gasteiger partial charge in [-0.05, 0) is 24.6 Å². The molecule has 150 valence electrons. The molecule has 0 atom stereocenters. The summed E-state index contributed by atoms with van der Waals surface area (Å²) in [5, 5.41) is 4.70. The normalized spacial score (nSPS) is 16.3. The number of likely N-dealkylation sites (tertiary alicyclic amines) is 1. The second-order valence-electron chi connectivity index (χ2n) is 7.37. The number of unbranched alkanes of at least 4 members (excludes halogenated alkanes) is 1. The Labute approximate surface area is 168 Å². The number of imide groups is 2. The zero-order valence-electron chi connectivity index (χ0n) is 16.4. The van der Waals surface area contributed by atoms with Crippen LogP contribution in [-0.4, -0.2) is 53.1 Å². The van der Waals surface area contributed by atoms with Gasteiger partial charge in [0.2, 0.25) is 11.8 Å². The van der Waals surface area contributed by atoms with Crippen molar-refractivity contribution in [1.29, 1.82) is 0 Å². The number of hydrogen-bond donors (Lipinski definition) is 1. The minimum atomic E-state index is -0.257. The largest absolute Gasteiger partial charge is 0.383 e. The summed E-state index contributed by atoms with van der Waals surface area (Å²) in [7, 11) is 0. The van der Waals surface area contributed by atoms with Gasteiger partial charge < -0.3 is 5.32 Å². The van der Waals surface area contributed by atoms with E-state index in [0.29, 0.717) is 36.1 Å². The maximum absolute atomic E-state index is 12.9. The molecule has 0 aromatic heterocycles. The number of benzene rings is 2. The molecule has 1 saturated heterocycles. The zero-order chi connectivity index (χ0) is 20.5. The lowest BCUT2D eigenvalue weighted by atomic mass is 9.93. The molecular formula is C22H23N3O4. The molecule has 4 rings (SSSR count). The molecule has 29 heavy (non-hydrogen) atoms. The second kappa shape index (κ2) is 7.66. The van der Waals surface area contributed by atoms with Crippen molar-refractivity contribution < 1.29 is 19.2 Å². The molecule has 0 unspecified atom stereocenters. The lowest BCUT2D eigenvalue weighted by Crippen LogP contribution is -2.40. The molecule has 4 amide bonds. The van der Waals surface area contributed by atoms with Crippen molar-refractivity contribution in [3.05, 3.63) is 41.5 Å². The number of hydrogen-bond acceptors (Lipinski definition) is 5. The summed E-state index contributed by atoms with van der Waals surface area (Å²) in [5.74, 6) is -0.798. The van der Waals surface area contributed by atoms with E-state index >= 15 is 0 Å². The van der Waals surface area contributed by atoms with Crippen molar-refractivity contribution in [2.45, 2.75) is 32.6 Å². The number of carbonyl (C=O) groups is 4. The van der Waals surface area contributed by atoms with E-state index < -0.39 is 0 Å². The molecule has 0 bridgehead atoms. The zero-order valence-corrected chi connectivity index (χ0v) is 16.4. The van der Waals surface area contributed by atoms with Crippen molar-refractivity contribution in [1.82, 2.24) is 9.80 Å². The Morgan fingerprint density at radius 3 is 2.24 bits per heavy atom. The van der Waals surface area contributed by atoms with Gasteiger partial charge in [0.25, 0.3) is 11.8 Å². The summed E-state index contributed by atoms with van der Waals surface area (Å²) in [4.78, 5) is 51.9. The summed E-state index contributed by atoms with van der Waals surface area (Å²) in [6.07, 6.45) is 2.23. The van der Waals surface area contributed by atoms with E-state index in [1.165, 1.54) is 9.80 Å². The topological polar surface area (TPSA) is 86.8 Å². The minimum absolute atomic E-state index is 0.142. The average Bonchev–Trinajstić information content (AvgIpc) is 3.04. The van der Waals surface area contributed by atoms with Gasteiger partial charge >= 0.3 is 0 Å². The van der Waals surface area contributed by atoms with E-state index in [9.17, 15) is 19.2 Å². The van der Waals surface area contributed by atoms with Gasteiger partial charge in [0, 0.05) is 60.1 Å². The average molecular weight is 393 g/mol. The molecule has 1 N–H and O–H groups in total. The molecule has 0 spiro atoms. The Balaban J connectivity index is 1.61. The van der Waals surface area contributed by atoms with Gasteiger partial charge in [-0.3, -0.25) is 29.0 Å². The number of rotatable bonds is 7. The van der Waals surface area contributed by atoms with E-state index in [0.717, 1.165) is 23.9 Å². The molecule has 0 aliphatic carbocycles. The van der Waals surface area contributed by atoms with Crippen LogP contribution in [0.15, 0.2) is 30.3 Å². The summed E-state index contributed by atoms with van der Waals surface area (Å²) >= 11 is 0. The van der Waals surface area contributed by atoms with Crippen molar-refractivity contribution >= 4 is 40.1 Å². The highest BCUT2D eigenvalue weighted by Crippen LogP contribution is 2.34. The highest BCUT2D eigenvalue weighted by Gasteiger charge is 2.33. The highest BCUT2D eigenvalue weighted by atomic mass is 16.2. The van der Waals surface area contributed by atoms with Gasteiger partial charge in [-0.2, -0.15) is 0 Å². The minimum Gasteiger partial charge on any atom is -0.383 e. The summed E-state index contributed by atoms with van der Waals surface area (Å²) in [6, 6.07) is 9.00. The molecule has 7 nitrogen and oxygen atoms in total. The van der Waals surface area contributed by atoms with Crippen molar-refractivity contribution in [3.8, 4) is 0 Å². The summed E-state index contributed by atoms with van der Waals surface area (Å²) in [5.41, 5.74) is 1.83. The standard InChI is InChI=1S/C22H23N3O4/c1-2-3-12-25-21(28)15-6-4-5-14-17(8-7-16(20(14)15)22(25)29)23-11-13-24-18(26)9-10-19(24)27/h4-8,23H,2-3,9-13H2,1H3. The predicted octanol–water partition coefficient (Wildman–Crippen LogP) is 2.80. The van der Waals surface area contributed by atoms with E-state index in [1.54, 1.807) is 12.1 Å². The maximum atomic E-state index is 12.9. The Bertz CT molecular complexity index is 992. The fraction of sp³-hybridized carbons (Fsp3) is 0.364. The first-order valence-corrected chi connectivity index (χ1v) is 10.0. The van der Waals surface area contributed by atoms with Crippen LogP contribution in [0.1, 0.15) is 53.3 Å². The highest BCUT2D eigenvalue weighted by molar-refractivity contribution is 6.26. The smallest absolute Gasteiger partial charge is 0.261 e. The number of nitrogens with zero attached hydrogens (tertiary/aromatic N) is 2. The van der Waals surface area contributed by atoms with Crippen LogP contribution in [0.2, 0.25) is 0 Å². The summed E-state index contributed by atoms with van der Waals surface area (Å²) in [6.45, 7) is 3.14. The van der Waals surface area contributed by atoms with Gasteiger partial charge in [0.15, 0.2) is 0 Å². The number of nitrogens with one attached hydrogen (secondary N) is 1. The number of amides is 4.